The molecule has 0 aliphatic heterocycles. The van der Waals surface area contributed by atoms with Crippen molar-refractivity contribution >= 4 is 33.4 Å². The van der Waals surface area contributed by atoms with Gasteiger partial charge in [0.1, 0.15) is 6.33 Å². The molecule has 0 unspecified atom stereocenters. The minimum atomic E-state index is -3.85. The van der Waals surface area contributed by atoms with Crippen molar-refractivity contribution in [3.63, 3.8) is 0 Å². The molecule has 1 aromatic heterocycles. The highest BCUT2D eigenvalue weighted by molar-refractivity contribution is 7.99. The molecule has 0 bridgehead atoms. The fourth-order valence-corrected chi connectivity index (χ4v) is 3.94. The van der Waals surface area contributed by atoms with Crippen molar-refractivity contribution in [2.75, 3.05) is 11.1 Å². The number of rotatable bonds is 6. The standard InChI is InChI=1S/C17H17N5O3S2/c1-12-7-8-13(9-15(12)27(18,24)25)20-16(23)10-26-17-21-19-11-22(17)14-5-3-2-4-6-14/h2-9,11H,10H2,1H3,(H,20,23)(H2,18,24,25). The first kappa shape index (κ1) is 19.1. The van der Waals surface area contributed by atoms with Crippen molar-refractivity contribution in [1.82, 2.24) is 14.8 Å². The molecule has 3 rings (SSSR count). The maximum Gasteiger partial charge on any atom is 0.238 e. The van der Waals surface area contributed by atoms with Crippen LogP contribution in [0, 0.1) is 6.92 Å². The van der Waals surface area contributed by atoms with E-state index in [0.29, 0.717) is 16.4 Å². The summed E-state index contributed by atoms with van der Waals surface area (Å²) >= 11 is 1.22. The molecular formula is C17H17N5O3S2. The number of amides is 1. The quantitative estimate of drug-likeness (QED) is 0.607. The van der Waals surface area contributed by atoms with E-state index >= 15 is 0 Å². The number of anilines is 1. The molecule has 0 saturated heterocycles. The Kier molecular flexibility index (Phi) is 5.59. The van der Waals surface area contributed by atoms with Crippen LogP contribution in [0.5, 0.6) is 0 Å². The van der Waals surface area contributed by atoms with Gasteiger partial charge in [-0.2, -0.15) is 0 Å². The van der Waals surface area contributed by atoms with Crippen LogP contribution in [0.2, 0.25) is 0 Å². The van der Waals surface area contributed by atoms with Crippen LogP contribution in [-0.2, 0) is 14.8 Å². The van der Waals surface area contributed by atoms with Gasteiger partial charge in [0.2, 0.25) is 15.9 Å². The van der Waals surface area contributed by atoms with Crippen LogP contribution in [0.25, 0.3) is 5.69 Å². The zero-order valence-corrected chi connectivity index (χ0v) is 16.0. The second-order valence-electron chi connectivity index (χ2n) is 5.68. The van der Waals surface area contributed by atoms with E-state index in [1.54, 1.807) is 30.0 Å². The minimum Gasteiger partial charge on any atom is -0.325 e. The van der Waals surface area contributed by atoms with Crippen LogP contribution < -0.4 is 10.5 Å². The molecule has 140 valence electrons. The molecule has 8 nitrogen and oxygen atoms in total. The average molecular weight is 403 g/mol. The molecular weight excluding hydrogens is 386 g/mol. The summed E-state index contributed by atoms with van der Waals surface area (Å²) in [5.74, 6) is -0.212. The van der Waals surface area contributed by atoms with Crippen LogP contribution in [-0.4, -0.2) is 34.8 Å². The number of carbonyl (C=O) groups excluding carboxylic acids is 1. The molecule has 3 aromatic rings. The van der Waals surface area contributed by atoms with Crippen molar-refractivity contribution in [2.24, 2.45) is 5.14 Å². The number of hydrogen-bond acceptors (Lipinski definition) is 6. The first-order chi connectivity index (χ1) is 12.8. The number of sulfonamides is 1. The van der Waals surface area contributed by atoms with Crippen molar-refractivity contribution < 1.29 is 13.2 Å². The molecule has 3 N–H and O–H groups in total. The second-order valence-corrected chi connectivity index (χ2v) is 8.15. The van der Waals surface area contributed by atoms with Gasteiger partial charge in [-0.1, -0.05) is 36.0 Å². The summed E-state index contributed by atoms with van der Waals surface area (Å²) < 4.78 is 25.0. The summed E-state index contributed by atoms with van der Waals surface area (Å²) in [5.41, 5.74) is 1.77. The van der Waals surface area contributed by atoms with Crippen molar-refractivity contribution in [2.45, 2.75) is 17.0 Å². The topological polar surface area (TPSA) is 120 Å². The number of hydrogen-bond donors (Lipinski definition) is 2. The first-order valence-electron chi connectivity index (χ1n) is 7.86. The fourth-order valence-electron chi connectivity index (χ4n) is 2.40. The summed E-state index contributed by atoms with van der Waals surface area (Å²) in [6.45, 7) is 1.64. The molecule has 10 heteroatoms. The largest absolute Gasteiger partial charge is 0.325 e. The highest BCUT2D eigenvalue weighted by Crippen LogP contribution is 2.21. The van der Waals surface area contributed by atoms with Gasteiger partial charge in [0.15, 0.2) is 5.16 Å². The third kappa shape index (κ3) is 4.73. The zero-order chi connectivity index (χ0) is 19.4. The number of benzene rings is 2. The van der Waals surface area contributed by atoms with Gasteiger partial charge in [0, 0.05) is 11.4 Å². The highest BCUT2D eigenvalue weighted by atomic mass is 32.2. The summed E-state index contributed by atoms with van der Waals surface area (Å²) in [6.07, 6.45) is 1.58. The number of nitrogens with zero attached hydrogens (tertiary/aromatic N) is 3. The van der Waals surface area contributed by atoms with Crippen LogP contribution in [0.4, 0.5) is 5.69 Å². The molecule has 0 fully saturated rings. The lowest BCUT2D eigenvalue weighted by atomic mass is 10.2. The first-order valence-corrected chi connectivity index (χ1v) is 10.4. The third-order valence-corrected chi connectivity index (χ3v) is 5.66. The fraction of sp³-hybridized carbons (Fsp3) is 0.118. The lowest BCUT2D eigenvalue weighted by Gasteiger charge is -2.09. The van der Waals surface area contributed by atoms with Crippen LogP contribution in [0.3, 0.4) is 0 Å². The predicted octanol–water partition coefficient (Wildman–Crippen LogP) is 1.95. The van der Waals surface area contributed by atoms with E-state index in [9.17, 15) is 13.2 Å². The van der Waals surface area contributed by atoms with E-state index in [0.717, 1.165) is 5.69 Å². The molecule has 1 amide bonds. The van der Waals surface area contributed by atoms with Gasteiger partial charge < -0.3 is 5.32 Å². The van der Waals surface area contributed by atoms with E-state index in [-0.39, 0.29) is 16.6 Å². The number of nitrogens with one attached hydrogen (secondary N) is 1. The van der Waals surface area contributed by atoms with E-state index < -0.39 is 10.0 Å². The SMILES string of the molecule is Cc1ccc(NC(=O)CSc2nncn2-c2ccccc2)cc1S(N)(=O)=O. The van der Waals surface area contributed by atoms with Gasteiger partial charge in [0.25, 0.3) is 0 Å². The van der Waals surface area contributed by atoms with Gasteiger partial charge in [0.05, 0.1) is 10.6 Å². The number of para-hydroxylation sites is 1. The number of nitrogens with two attached hydrogens (primary N) is 1. The number of aromatic nitrogens is 3. The Balaban J connectivity index is 1.68. The zero-order valence-electron chi connectivity index (χ0n) is 14.4. The van der Waals surface area contributed by atoms with Crippen LogP contribution >= 0.6 is 11.8 Å². The van der Waals surface area contributed by atoms with Crippen molar-refractivity contribution in [3.8, 4) is 5.69 Å². The normalized spacial score (nSPS) is 11.3. The minimum absolute atomic E-state index is 0.0169. The van der Waals surface area contributed by atoms with Gasteiger partial charge in [-0.3, -0.25) is 9.36 Å². The smallest absolute Gasteiger partial charge is 0.238 e. The van der Waals surface area contributed by atoms with E-state index in [1.807, 2.05) is 30.3 Å². The van der Waals surface area contributed by atoms with Crippen LogP contribution in [0.15, 0.2) is 64.9 Å². The molecule has 0 radical (unpaired) electrons. The Labute approximate surface area is 160 Å². The Morgan fingerprint density at radius 3 is 2.67 bits per heavy atom. The van der Waals surface area contributed by atoms with Gasteiger partial charge in [-0.15, -0.1) is 10.2 Å². The Morgan fingerprint density at radius 1 is 1.22 bits per heavy atom. The number of thioether (sulfide) groups is 1. The highest BCUT2D eigenvalue weighted by Gasteiger charge is 2.14. The summed E-state index contributed by atoms with van der Waals surface area (Å²) in [6, 6.07) is 14.1. The number of carbonyl (C=O) groups is 1. The molecule has 1 heterocycles. The maximum absolute atomic E-state index is 12.2. The predicted molar refractivity (Wildman–Crippen MR) is 103 cm³/mol. The second kappa shape index (κ2) is 7.91. The molecule has 0 aliphatic rings. The molecule has 0 atom stereocenters. The van der Waals surface area contributed by atoms with Gasteiger partial charge >= 0.3 is 0 Å². The van der Waals surface area contributed by atoms with E-state index in [1.165, 1.54) is 17.8 Å². The lowest BCUT2D eigenvalue weighted by molar-refractivity contribution is -0.113. The van der Waals surface area contributed by atoms with Gasteiger partial charge in [-0.25, -0.2) is 13.6 Å². The number of primary sulfonamides is 1. The van der Waals surface area contributed by atoms with Crippen molar-refractivity contribution in [3.05, 3.63) is 60.4 Å². The molecule has 0 saturated carbocycles. The monoisotopic (exact) mass is 403 g/mol. The molecule has 27 heavy (non-hydrogen) atoms. The van der Waals surface area contributed by atoms with E-state index in [2.05, 4.69) is 15.5 Å². The molecule has 2 aromatic carbocycles. The summed E-state index contributed by atoms with van der Waals surface area (Å²) in [5, 5.41) is 16.3. The summed E-state index contributed by atoms with van der Waals surface area (Å²) in [7, 11) is -3.85. The Morgan fingerprint density at radius 2 is 1.96 bits per heavy atom. The lowest BCUT2D eigenvalue weighted by Crippen LogP contribution is -2.17. The number of aryl methyl sites for hydroxylation is 1. The van der Waals surface area contributed by atoms with Crippen LogP contribution in [0.1, 0.15) is 5.56 Å². The third-order valence-electron chi connectivity index (χ3n) is 3.66. The summed E-state index contributed by atoms with van der Waals surface area (Å²) in [4.78, 5) is 12.2. The maximum atomic E-state index is 12.2. The Hall–Kier alpha value is -2.69. The molecule has 0 spiro atoms. The Bertz CT molecular complexity index is 1070. The van der Waals surface area contributed by atoms with Crippen molar-refractivity contribution in [1.29, 1.82) is 0 Å². The average Bonchev–Trinajstić information content (AvgIpc) is 3.10. The molecule has 0 aliphatic carbocycles. The van der Waals surface area contributed by atoms with Gasteiger partial charge in [-0.05, 0) is 36.8 Å². The van der Waals surface area contributed by atoms with E-state index in [4.69, 9.17) is 5.14 Å².